The maximum absolute atomic E-state index is 12.7. The van der Waals surface area contributed by atoms with Crippen LogP contribution in [0.15, 0.2) is 0 Å². The summed E-state index contributed by atoms with van der Waals surface area (Å²) in [6.45, 7) is 2.52. The van der Waals surface area contributed by atoms with Gasteiger partial charge in [-0.3, -0.25) is 0 Å². The van der Waals surface area contributed by atoms with Crippen LogP contribution in [0.5, 0.6) is 0 Å². The molecular formula is C14H24N2O4. The molecule has 20 heavy (non-hydrogen) atoms. The Kier molecular flexibility index (Phi) is 4.52. The van der Waals surface area contributed by atoms with E-state index in [4.69, 9.17) is 5.11 Å². The number of hydrogen-bond acceptors (Lipinski definition) is 3. The molecule has 1 aliphatic heterocycles. The number of aliphatic hydroxyl groups excluding tert-OH is 1. The minimum Gasteiger partial charge on any atom is -0.479 e. The summed E-state index contributed by atoms with van der Waals surface area (Å²) in [7, 11) is 0. The van der Waals surface area contributed by atoms with Gasteiger partial charge in [0, 0.05) is 19.1 Å². The van der Waals surface area contributed by atoms with E-state index in [1.807, 2.05) is 6.92 Å². The Labute approximate surface area is 119 Å². The molecular weight excluding hydrogens is 260 g/mol. The molecule has 1 saturated heterocycles. The van der Waals surface area contributed by atoms with E-state index < -0.39 is 11.5 Å². The van der Waals surface area contributed by atoms with E-state index in [9.17, 15) is 14.7 Å². The smallest absolute Gasteiger partial charge is 0.329 e. The normalized spacial score (nSPS) is 26.4. The number of carbonyl (C=O) groups is 2. The zero-order valence-corrected chi connectivity index (χ0v) is 12.0. The first-order valence-corrected chi connectivity index (χ1v) is 7.49. The van der Waals surface area contributed by atoms with Crippen molar-refractivity contribution in [3.05, 3.63) is 0 Å². The van der Waals surface area contributed by atoms with E-state index in [0.717, 1.165) is 25.7 Å². The van der Waals surface area contributed by atoms with Crippen molar-refractivity contribution in [1.82, 2.24) is 9.80 Å². The van der Waals surface area contributed by atoms with Gasteiger partial charge in [-0.15, -0.1) is 0 Å². The van der Waals surface area contributed by atoms with E-state index in [0.29, 0.717) is 25.9 Å². The topological polar surface area (TPSA) is 81.1 Å². The van der Waals surface area contributed by atoms with Crippen LogP contribution in [-0.2, 0) is 4.79 Å². The number of carbonyl (C=O) groups excluding carboxylic acids is 1. The Morgan fingerprint density at radius 1 is 1.35 bits per heavy atom. The lowest BCUT2D eigenvalue weighted by atomic mass is 9.90. The van der Waals surface area contributed by atoms with E-state index in [2.05, 4.69) is 0 Å². The van der Waals surface area contributed by atoms with Crippen molar-refractivity contribution >= 4 is 12.0 Å². The summed E-state index contributed by atoms with van der Waals surface area (Å²) < 4.78 is 0. The van der Waals surface area contributed by atoms with Crippen LogP contribution in [0.25, 0.3) is 0 Å². The largest absolute Gasteiger partial charge is 0.479 e. The molecule has 2 amide bonds. The van der Waals surface area contributed by atoms with Crippen LogP contribution in [0.3, 0.4) is 0 Å². The number of aliphatic hydroxyl groups is 1. The van der Waals surface area contributed by atoms with Gasteiger partial charge in [0.05, 0.1) is 6.61 Å². The first-order valence-electron chi connectivity index (χ1n) is 7.49. The zero-order chi connectivity index (χ0) is 14.8. The Morgan fingerprint density at radius 3 is 2.50 bits per heavy atom. The number of nitrogens with zero attached hydrogens (tertiary/aromatic N) is 2. The standard InChI is InChI=1S/C14H24N2O4/c1-2-14(12(18)19)7-4-8-16(14)13(20)15(9-10-17)11-5-3-6-11/h11,17H,2-10H2,1H3,(H,18,19). The summed E-state index contributed by atoms with van der Waals surface area (Å²) in [6.07, 6.45) is 4.66. The second kappa shape index (κ2) is 5.99. The third-order valence-electron chi connectivity index (χ3n) is 4.80. The van der Waals surface area contributed by atoms with Crippen LogP contribution in [0.1, 0.15) is 45.4 Å². The summed E-state index contributed by atoms with van der Waals surface area (Å²) in [5.41, 5.74) is -1.06. The molecule has 2 aliphatic rings. The summed E-state index contributed by atoms with van der Waals surface area (Å²) in [6, 6.07) is -0.0518. The molecule has 1 unspecified atom stereocenters. The Bertz CT molecular complexity index is 383. The molecule has 1 saturated carbocycles. The third-order valence-corrected chi connectivity index (χ3v) is 4.80. The van der Waals surface area contributed by atoms with Gasteiger partial charge < -0.3 is 20.0 Å². The monoisotopic (exact) mass is 284 g/mol. The quantitative estimate of drug-likeness (QED) is 0.797. The third kappa shape index (κ3) is 2.37. The van der Waals surface area contributed by atoms with Crippen molar-refractivity contribution in [2.45, 2.75) is 57.0 Å². The molecule has 2 fully saturated rings. The first-order chi connectivity index (χ1) is 9.56. The fourth-order valence-corrected chi connectivity index (χ4v) is 3.29. The van der Waals surface area contributed by atoms with Crippen LogP contribution < -0.4 is 0 Å². The predicted molar refractivity (Wildman–Crippen MR) is 73.4 cm³/mol. The molecule has 0 bridgehead atoms. The van der Waals surface area contributed by atoms with Gasteiger partial charge in [0.25, 0.3) is 0 Å². The number of carboxylic acid groups (broad SMARTS) is 1. The second-order valence-corrected chi connectivity index (χ2v) is 5.73. The lowest BCUT2D eigenvalue weighted by Crippen LogP contribution is -2.59. The molecule has 0 radical (unpaired) electrons. The number of rotatable bonds is 5. The average molecular weight is 284 g/mol. The zero-order valence-electron chi connectivity index (χ0n) is 12.0. The van der Waals surface area contributed by atoms with Gasteiger partial charge in [-0.25, -0.2) is 9.59 Å². The van der Waals surface area contributed by atoms with Crippen LogP contribution in [-0.4, -0.2) is 63.3 Å². The number of amides is 2. The van der Waals surface area contributed by atoms with Gasteiger partial charge in [-0.1, -0.05) is 6.92 Å². The molecule has 6 heteroatoms. The molecule has 1 heterocycles. The maximum atomic E-state index is 12.7. The molecule has 0 aromatic heterocycles. The first kappa shape index (κ1) is 15.1. The highest BCUT2D eigenvalue weighted by Crippen LogP contribution is 2.35. The Morgan fingerprint density at radius 2 is 2.05 bits per heavy atom. The van der Waals surface area contributed by atoms with Gasteiger partial charge in [-0.05, 0) is 38.5 Å². The van der Waals surface area contributed by atoms with Crippen LogP contribution in [0.2, 0.25) is 0 Å². The van der Waals surface area contributed by atoms with E-state index in [1.54, 1.807) is 4.90 Å². The van der Waals surface area contributed by atoms with Crippen LogP contribution >= 0.6 is 0 Å². The van der Waals surface area contributed by atoms with Crippen LogP contribution in [0, 0.1) is 0 Å². The number of urea groups is 1. The second-order valence-electron chi connectivity index (χ2n) is 5.73. The SMILES string of the molecule is CCC1(C(=O)O)CCCN1C(=O)N(CCO)C1CCC1. The number of likely N-dealkylation sites (tertiary alicyclic amines) is 1. The molecule has 0 spiro atoms. The molecule has 114 valence electrons. The van der Waals surface area contributed by atoms with Gasteiger partial charge >= 0.3 is 12.0 Å². The number of carboxylic acids is 1. The Hall–Kier alpha value is -1.30. The van der Waals surface area contributed by atoms with Crippen molar-refractivity contribution in [2.75, 3.05) is 19.7 Å². The maximum Gasteiger partial charge on any atom is 0.329 e. The lowest BCUT2D eigenvalue weighted by Gasteiger charge is -2.43. The molecule has 1 aliphatic carbocycles. The van der Waals surface area contributed by atoms with E-state index in [1.165, 1.54) is 4.90 Å². The van der Waals surface area contributed by atoms with E-state index in [-0.39, 0.29) is 18.7 Å². The van der Waals surface area contributed by atoms with Crippen molar-refractivity contribution in [1.29, 1.82) is 0 Å². The van der Waals surface area contributed by atoms with Crippen molar-refractivity contribution in [2.24, 2.45) is 0 Å². The summed E-state index contributed by atoms with van der Waals surface area (Å²) >= 11 is 0. The number of aliphatic carboxylic acids is 1. The fraction of sp³-hybridized carbons (Fsp3) is 0.857. The fourth-order valence-electron chi connectivity index (χ4n) is 3.29. The molecule has 2 rings (SSSR count). The molecule has 1 atom stereocenters. The molecule has 2 N–H and O–H groups in total. The predicted octanol–water partition coefficient (Wildman–Crippen LogP) is 1.28. The van der Waals surface area contributed by atoms with Gasteiger partial charge in [0.2, 0.25) is 0 Å². The number of hydrogen-bond donors (Lipinski definition) is 2. The lowest BCUT2D eigenvalue weighted by molar-refractivity contribution is -0.148. The van der Waals surface area contributed by atoms with E-state index >= 15 is 0 Å². The Balaban J connectivity index is 2.18. The summed E-state index contributed by atoms with van der Waals surface area (Å²) in [4.78, 5) is 27.6. The minimum atomic E-state index is -1.06. The van der Waals surface area contributed by atoms with Gasteiger partial charge in [-0.2, -0.15) is 0 Å². The highest BCUT2D eigenvalue weighted by Gasteiger charge is 2.50. The highest BCUT2D eigenvalue weighted by molar-refractivity contribution is 5.87. The van der Waals surface area contributed by atoms with Crippen molar-refractivity contribution < 1.29 is 19.8 Å². The summed E-state index contributed by atoms with van der Waals surface area (Å²) in [5.74, 6) is -0.914. The van der Waals surface area contributed by atoms with Crippen LogP contribution in [0.4, 0.5) is 4.79 Å². The minimum absolute atomic E-state index is 0.0811. The highest BCUT2D eigenvalue weighted by atomic mass is 16.4. The van der Waals surface area contributed by atoms with Crippen molar-refractivity contribution in [3.63, 3.8) is 0 Å². The van der Waals surface area contributed by atoms with Crippen molar-refractivity contribution in [3.8, 4) is 0 Å². The summed E-state index contributed by atoms with van der Waals surface area (Å²) in [5, 5.41) is 18.7. The average Bonchev–Trinajstić information content (AvgIpc) is 2.80. The molecule has 0 aromatic carbocycles. The van der Waals surface area contributed by atoms with Gasteiger partial charge in [0.15, 0.2) is 0 Å². The molecule has 6 nitrogen and oxygen atoms in total. The van der Waals surface area contributed by atoms with Gasteiger partial charge in [0.1, 0.15) is 5.54 Å². The molecule has 0 aromatic rings.